The van der Waals surface area contributed by atoms with Crippen LogP contribution in [0.15, 0.2) is 67.1 Å². The number of rotatable bonds is 7. The minimum atomic E-state index is -4.44. The SMILES string of the molecule is CN(C)CCNC(=O)c1ccc(-c2cnc3c(Nc4cccc(C(F)(F)F)c4)nccn23)cc1. The van der Waals surface area contributed by atoms with Crippen LogP contribution in [-0.2, 0) is 6.18 Å². The lowest BCUT2D eigenvalue weighted by Gasteiger charge is -2.11. The van der Waals surface area contributed by atoms with Gasteiger partial charge in [0.25, 0.3) is 5.91 Å². The van der Waals surface area contributed by atoms with Crippen molar-refractivity contribution in [1.29, 1.82) is 0 Å². The van der Waals surface area contributed by atoms with E-state index < -0.39 is 11.7 Å². The standard InChI is InChI=1S/C24H23F3N6O/c1-32(2)12-10-29-23(34)17-8-6-16(7-9-17)20-15-30-22-21(28-11-13-33(20)22)31-19-5-3-4-18(14-19)24(25,26)27/h3-9,11,13-15H,10,12H2,1-2H3,(H,28,31)(H,29,34). The number of amides is 1. The van der Waals surface area contributed by atoms with Crippen molar-refractivity contribution in [3.63, 3.8) is 0 Å². The van der Waals surface area contributed by atoms with Gasteiger partial charge in [-0.15, -0.1) is 0 Å². The minimum absolute atomic E-state index is 0.150. The van der Waals surface area contributed by atoms with Gasteiger partial charge in [0, 0.05) is 42.3 Å². The number of fused-ring (bicyclic) bond motifs is 1. The second kappa shape index (κ2) is 9.52. The van der Waals surface area contributed by atoms with Crippen LogP contribution in [0.25, 0.3) is 16.9 Å². The molecule has 34 heavy (non-hydrogen) atoms. The van der Waals surface area contributed by atoms with E-state index in [1.165, 1.54) is 12.1 Å². The molecular weight excluding hydrogens is 445 g/mol. The maximum absolute atomic E-state index is 13.0. The molecule has 2 N–H and O–H groups in total. The van der Waals surface area contributed by atoms with E-state index in [0.29, 0.717) is 23.6 Å². The van der Waals surface area contributed by atoms with E-state index in [9.17, 15) is 18.0 Å². The van der Waals surface area contributed by atoms with Crippen LogP contribution in [0.2, 0.25) is 0 Å². The molecule has 1 amide bonds. The van der Waals surface area contributed by atoms with E-state index in [4.69, 9.17) is 0 Å². The van der Waals surface area contributed by atoms with E-state index >= 15 is 0 Å². The van der Waals surface area contributed by atoms with Gasteiger partial charge in [0.05, 0.1) is 17.5 Å². The van der Waals surface area contributed by atoms with Crippen molar-refractivity contribution < 1.29 is 18.0 Å². The highest BCUT2D eigenvalue weighted by molar-refractivity contribution is 5.94. The smallest absolute Gasteiger partial charge is 0.351 e. The van der Waals surface area contributed by atoms with E-state index in [-0.39, 0.29) is 11.6 Å². The predicted octanol–water partition coefficient (Wildman–Crippen LogP) is 4.45. The number of aromatic nitrogens is 3. The zero-order valence-electron chi connectivity index (χ0n) is 18.6. The highest BCUT2D eigenvalue weighted by Crippen LogP contribution is 2.32. The van der Waals surface area contributed by atoms with Crippen LogP contribution in [0, 0.1) is 0 Å². The molecule has 4 aromatic rings. The van der Waals surface area contributed by atoms with Crippen molar-refractivity contribution in [3.05, 3.63) is 78.2 Å². The molecule has 0 fully saturated rings. The Balaban J connectivity index is 1.56. The Bertz CT molecular complexity index is 1300. The first-order valence-electron chi connectivity index (χ1n) is 10.5. The van der Waals surface area contributed by atoms with Gasteiger partial charge in [-0.3, -0.25) is 9.20 Å². The van der Waals surface area contributed by atoms with Crippen LogP contribution in [0.1, 0.15) is 15.9 Å². The second-order valence-electron chi connectivity index (χ2n) is 7.95. The quantitative estimate of drug-likeness (QED) is 0.419. The van der Waals surface area contributed by atoms with Gasteiger partial charge in [-0.2, -0.15) is 13.2 Å². The predicted molar refractivity (Wildman–Crippen MR) is 124 cm³/mol. The van der Waals surface area contributed by atoms with Gasteiger partial charge in [0.15, 0.2) is 11.5 Å². The number of anilines is 2. The lowest BCUT2D eigenvalue weighted by atomic mass is 10.1. The van der Waals surface area contributed by atoms with Crippen molar-refractivity contribution in [2.75, 3.05) is 32.5 Å². The molecule has 7 nitrogen and oxygen atoms in total. The zero-order valence-corrected chi connectivity index (χ0v) is 18.6. The number of benzene rings is 2. The topological polar surface area (TPSA) is 74.6 Å². The normalized spacial score (nSPS) is 11.7. The lowest BCUT2D eigenvalue weighted by molar-refractivity contribution is -0.137. The molecule has 0 saturated carbocycles. The fourth-order valence-electron chi connectivity index (χ4n) is 3.42. The monoisotopic (exact) mass is 468 g/mol. The lowest BCUT2D eigenvalue weighted by Crippen LogP contribution is -2.31. The van der Waals surface area contributed by atoms with Gasteiger partial charge in [0.2, 0.25) is 0 Å². The van der Waals surface area contributed by atoms with Crippen LogP contribution in [-0.4, -0.2) is 52.4 Å². The molecule has 0 bridgehead atoms. The molecule has 0 aliphatic heterocycles. The molecule has 0 aliphatic rings. The Labute approximate surface area is 194 Å². The number of imidazole rings is 1. The number of nitrogens with zero attached hydrogens (tertiary/aromatic N) is 4. The van der Waals surface area contributed by atoms with E-state index in [2.05, 4.69) is 20.6 Å². The molecule has 10 heteroatoms. The number of alkyl halides is 3. The molecule has 4 rings (SSSR count). The highest BCUT2D eigenvalue weighted by atomic mass is 19.4. The van der Waals surface area contributed by atoms with Gasteiger partial charge in [-0.05, 0) is 44.4 Å². The van der Waals surface area contributed by atoms with Crippen LogP contribution in [0.5, 0.6) is 0 Å². The Hall–Kier alpha value is -3.92. The molecule has 0 unspecified atom stereocenters. The van der Waals surface area contributed by atoms with Crippen molar-refractivity contribution in [1.82, 2.24) is 24.6 Å². The second-order valence-corrected chi connectivity index (χ2v) is 7.95. The van der Waals surface area contributed by atoms with Crippen molar-refractivity contribution in [2.45, 2.75) is 6.18 Å². The summed E-state index contributed by atoms with van der Waals surface area (Å²) in [6, 6.07) is 12.0. The highest BCUT2D eigenvalue weighted by Gasteiger charge is 2.30. The molecule has 176 valence electrons. The number of halogens is 3. The fourth-order valence-corrected chi connectivity index (χ4v) is 3.42. The Kier molecular flexibility index (Phi) is 6.51. The van der Waals surface area contributed by atoms with Crippen LogP contribution in [0.3, 0.4) is 0 Å². The summed E-state index contributed by atoms with van der Waals surface area (Å²) in [4.78, 5) is 22.9. The molecule has 0 aliphatic carbocycles. The van der Waals surface area contributed by atoms with E-state index in [0.717, 1.165) is 29.9 Å². The van der Waals surface area contributed by atoms with Crippen LogP contribution in [0.4, 0.5) is 24.7 Å². The van der Waals surface area contributed by atoms with Crippen molar-refractivity contribution in [2.24, 2.45) is 0 Å². The van der Waals surface area contributed by atoms with Gasteiger partial charge < -0.3 is 15.5 Å². The third-order valence-corrected chi connectivity index (χ3v) is 5.17. The molecule has 2 aromatic heterocycles. The van der Waals surface area contributed by atoms with Crippen molar-refractivity contribution in [3.8, 4) is 11.3 Å². The summed E-state index contributed by atoms with van der Waals surface area (Å²) in [5, 5.41) is 5.80. The maximum atomic E-state index is 13.0. The summed E-state index contributed by atoms with van der Waals surface area (Å²) in [6.45, 7) is 1.30. The molecule has 2 aromatic carbocycles. The molecule has 0 saturated heterocycles. The number of hydrogen-bond acceptors (Lipinski definition) is 5. The van der Waals surface area contributed by atoms with Crippen LogP contribution < -0.4 is 10.6 Å². The number of nitrogens with one attached hydrogen (secondary N) is 2. The molecular formula is C24H23F3N6O. The third-order valence-electron chi connectivity index (χ3n) is 5.17. The van der Waals surface area contributed by atoms with Gasteiger partial charge >= 0.3 is 6.18 Å². The van der Waals surface area contributed by atoms with Crippen molar-refractivity contribution >= 4 is 23.1 Å². The van der Waals surface area contributed by atoms with Crippen LogP contribution >= 0.6 is 0 Å². The minimum Gasteiger partial charge on any atom is -0.351 e. The summed E-state index contributed by atoms with van der Waals surface area (Å²) < 4.78 is 40.9. The number of likely N-dealkylation sites (N-methyl/N-ethyl adjacent to an activating group) is 1. The fraction of sp³-hybridized carbons (Fsp3) is 0.208. The third kappa shape index (κ3) is 5.18. The first kappa shape index (κ1) is 23.2. The Morgan fingerprint density at radius 2 is 1.85 bits per heavy atom. The summed E-state index contributed by atoms with van der Waals surface area (Å²) >= 11 is 0. The summed E-state index contributed by atoms with van der Waals surface area (Å²) in [5.74, 6) is 0.174. The zero-order chi connectivity index (χ0) is 24.3. The average molecular weight is 468 g/mol. The van der Waals surface area contributed by atoms with E-state index in [1.807, 2.05) is 31.1 Å². The molecule has 0 atom stereocenters. The Morgan fingerprint density at radius 1 is 1.09 bits per heavy atom. The Morgan fingerprint density at radius 3 is 2.56 bits per heavy atom. The maximum Gasteiger partial charge on any atom is 0.416 e. The molecule has 2 heterocycles. The molecule has 0 radical (unpaired) electrons. The molecule has 0 spiro atoms. The van der Waals surface area contributed by atoms with Gasteiger partial charge in [-0.1, -0.05) is 18.2 Å². The summed E-state index contributed by atoms with van der Waals surface area (Å²) in [7, 11) is 3.87. The number of carbonyl (C=O) groups is 1. The first-order chi connectivity index (χ1) is 16.2. The van der Waals surface area contributed by atoms with E-state index in [1.54, 1.807) is 35.1 Å². The summed E-state index contributed by atoms with van der Waals surface area (Å²) in [5.41, 5.74) is 2.09. The number of carbonyl (C=O) groups excluding carboxylic acids is 1. The first-order valence-corrected chi connectivity index (χ1v) is 10.5. The number of hydrogen-bond donors (Lipinski definition) is 2. The summed E-state index contributed by atoms with van der Waals surface area (Å²) in [6.07, 6.45) is 0.477. The van der Waals surface area contributed by atoms with Gasteiger partial charge in [-0.25, -0.2) is 9.97 Å². The van der Waals surface area contributed by atoms with Gasteiger partial charge in [0.1, 0.15) is 0 Å². The average Bonchev–Trinajstić information content (AvgIpc) is 3.24. The largest absolute Gasteiger partial charge is 0.416 e.